The predicted octanol–water partition coefficient (Wildman–Crippen LogP) is 3.23. The zero-order valence-corrected chi connectivity index (χ0v) is 14.5. The molecule has 1 aromatic rings. The van der Waals surface area contributed by atoms with Crippen LogP contribution in [0.3, 0.4) is 0 Å². The SMILES string of the molecule is CC(C)CNCc1cccc(Cl)c1N1CCN(C)CC1C. The van der Waals surface area contributed by atoms with Crippen molar-refractivity contribution in [1.29, 1.82) is 0 Å². The number of rotatable bonds is 5. The monoisotopic (exact) mass is 309 g/mol. The second kappa shape index (κ2) is 7.48. The van der Waals surface area contributed by atoms with Gasteiger partial charge in [0.15, 0.2) is 0 Å². The molecule has 1 aliphatic heterocycles. The number of piperazine rings is 1. The van der Waals surface area contributed by atoms with Crippen LogP contribution in [-0.4, -0.2) is 44.2 Å². The second-order valence-corrected chi connectivity index (χ2v) is 6.98. The highest BCUT2D eigenvalue weighted by Gasteiger charge is 2.25. The van der Waals surface area contributed by atoms with Crippen molar-refractivity contribution < 1.29 is 0 Å². The van der Waals surface area contributed by atoms with E-state index in [0.29, 0.717) is 12.0 Å². The third kappa shape index (κ3) is 4.35. The first-order valence-electron chi connectivity index (χ1n) is 7.92. The van der Waals surface area contributed by atoms with Crippen LogP contribution in [0, 0.1) is 5.92 Å². The van der Waals surface area contributed by atoms with Crippen molar-refractivity contribution in [3.8, 4) is 0 Å². The highest BCUT2D eigenvalue weighted by molar-refractivity contribution is 6.33. The van der Waals surface area contributed by atoms with Crippen molar-refractivity contribution >= 4 is 17.3 Å². The van der Waals surface area contributed by atoms with Gasteiger partial charge in [0, 0.05) is 32.2 Å². The van der Waals surface area contributed by atoms with Crippen LogP contribution in [0.5, 0.6) is 0 Å². The molecule has 1 aromatic carbocycles. The first-order chi connectivity index (χ1) is 9.99. The molecule has 1 saturated heterocycles. The summed E-state index contributed by atoms with van der Waals surface area (Å²) in [5.41, 5.74) is 2.52. The van der Waals surface area contributed by atoms with Gasteiger partial charge in [0.1, 0.15) is 0 Å². The van der Waals surface area contributed by atoms with Gasteiger partial charge in [-0.25, -0.2) is 0 Å². The Hall–Kier alpha value is -0.770. The molecule has 21 heavy (non-hydrogen) atoms. The average Bonchev–Trinajstić information content (AvgIpc) is 2.40. The lowest BCUT2D eigenvalue weighted by atomic mass is 10.1. The van der Waals surface area contributed by atoms with Crippen molar-refractivity contribution in [1.82, 2.24) is 10.2 Å². The molecule has 0 radical (unpaired) electrons. The first kappa shape index (κ1) is 16.6. The van der Waals surface area contributed by atoms with E-state index in [1.165, 1.54) is 11.3 Å². The smallest absolute Gasteiger partial charge is 0.0643 e. The molecular formula is C17H28ClN3. The maximum absolute atomic E-state index is 6.52. The number of halogens is 1. The molecule has 4 heteroatoms. The molecule has 0 amide bonds. The van der Waals surface area contributed by atoms with Gasteiger partial charge in [-0.05, 0) is 38.1 Å². The molecule has 1 heterocycles. The van der Waals surface area contributed by atoms with Gasteiger partial charge in [-0.2, -0.15) is 0 Å². The Morgan fingerprint density at radius 3 is 2.76 bits per heavy atom. The number of para-hydroxylation sites is 1. The van der Waals surface area contributed by atoms with Gasteiger partial charge in [0.25, 0.3) is 0 Å². The summed E-state index contributed by atoms with van der Waals surface area (Å²) in [6, 6.07) is 6.75. The third-order valence-corrected chi connectivity index (χ3v) is 4.36. The van der Waals surface area contributed by atoms with E-state index in [-0.39, 0.29) is 0 Å². The van der Waals surface area contributed by atoms with Gasteiger partial charge in [-0.15, -0.1) is 0 Å². The molecule has 118 valence electrons. The van der Waals surface area contributed by atoms with E-state index in [9.17, 15) is 0 Å². The van der Waals surface area contributed by atoms with Crippen molar-refractivity contribution in [2.75, 3.05) is 38.1 Å². The molecule has 0 aromatic heterocycles. The molecule has 0 spiro atoms. The number of likely N-dealkylation sites (N-methyl/N-ethyl adjacent to an activating group) is 1. The minimum atomic E-state index is 0.493. The molecule has 0 saturated carbocycles. The van der Waals surface area contributed by atoms with Crippen molar-refractivity contribution in [2.24, 2.45) is 5.92 Å². The molecule has 1 fully saturated rings. The van der Waals surface area contributed by atoms with Crippen LogP contribution in [0.15, 0.2) is 18.2 Å². The van der Waals surface area contributed by atoms with Gasteiger partial charge in [0.05, 0.1) is 10.7 Å². The standard InChI is InChI=1S/C17H28ClN3/c1-13(2)10-19-11-15-6-5-7-16(18)17(15)21-9-8-20(4)12-14(21)3/h5-7,13-14,19H,8-12H2,1-4H3. The minimum absolute atomic E-state index is 0.493. The van der Waals surface area contributed by atoms with Crippen LogP contribution in [0.2, 0.25) is 5.02 Å². The minimum Gasteiger partial charge on any atom is -0.365 e. The van der Waals surface area contributed by atoms with Crippen LogP contribution in [-0.2, 0) is 6.54 Å². The summed E-state index contributed by atoms with van der Waals surface area (Å²) in [7, 11) is 2.19. The summed E-state index contributed by atoms with van der Waals surface area (Å²) in [5.74, 6) is 0.662. The number of benzene rings is 1. The Morgan fingerprint density at radius 2 is 2.10 bits per heavy atom. The van der Waals surface area contributed by atoms with Gasteiger partial charge >= 0.3 is 0 Å². The molecule has 1 atom stereocenters. The normalized spacial score (nSPS) is 20.3. The molecule has 2 rings (SSSR count). The highest BCUT2D eigenvalue weighted by Crippen LogP contribution is 2.32. The molecule has 1 unspecified atom stereocenters. The van der Waals surface area contributed by atoms with Crippen molar-refractivity contribution in [2.45, 2.75) is 33.4 Å². The van der Waals surface area contributed by atoms with E-state index >= 15 is 0 Å². The Kier molecular flexibility index (Phi) is 5.91. The first-order valence-corrected chi connectivity index (χ1v) is 8.30. The summed E-state index contributed by atoms with van der Waals surface area (Å²) in [6.45, 7) is 11.9. The third-order valence-electron chi connectivity index (χ3n) is 4.06. The average molecular weight is 310 g/mol. The number of hydrogen-bond donors (Lipinski definition) is 1. The second-order valence-electron chi connectivity index (χ2n) is 6.58. The van der Waals surface area contributed by atoms with E-state index in [0.717, 1.165) is 37.7 Å². The van der Waals surface area contributed by atoms with Gasteiger partial charge in [-0.1, -0.05) is 37.6 Å². The van der Waals surface area contributed by atoms with E-state index in [2.05, 4.69) is 55.1 Å². The molecule has 1 aliphatic rings. The largest absolute Gasteiger partial charge is 0.365 e. The Bertz CT molecular complexity index is 461. The fourth-order valence-corrected chi connectivity index (χ4v) is 3.29. The summed E-state index contributed by atoms with van der Waals surface area (Å²) in [5, 5.41) is 4.41. The van der Waals surface area contributed by atoms with E-state index in [4.69, 9.17) is 11.6 Å². The lowest BCUT2D eigenvalue weighted by Crippen LogP contribution is -2.51. The highest BCUT2D eigenvalue weighted by atomic mass is 35.5. The van der Waals surface area contributed by atoms with Gasteiger partial charge in [0.2, 0.25) is 0 Å². The van der Waals surface area contributed by atoms with Crippen LogP contribution in [0.1, 0.15) is 26.3 Å². The van der Waals surface area contributed by atoms with Crippen LogP contribution in [0.25, 0.3) is 0 Å². The molecular weight excluding hydrogens is 282 g/mol. The van der Waals surface area contributed by atoms with Crippen molar-refractivity contribution in [3.05, 3.63) is 28.8 Å². The quantitative estimate of drug-likeness (QED) is 0.901. The number of hydrogen-bond acceptors (Lipinski definition) is 3. The maximum Gasteiger partial charge on any atom is 0.0643 e. The maximum atomic E-state index is 6.52. The lowest BCUT2D eigenvalue weighted by Gasteiger charge is -2.41. The van der Waals surface area contributed by atoms with Gasteiger partial charge < -0.3 is 15.1 Å². The number of nitrogens with zero attached hydrogens (tertiary/aromatic N) is 2. The van der Waals surface area contributed by atoms with Gasteiger partial charge in [-0.3, -0.25) is 0 Å². The lowest BCUT2D eigenvalue weighted by molar-refractivity contribution is 0.275. The Labute approximate surface area is 134 Å². The fourth-order valence-electron chi connectivity index (χ4n) is 2.99. The van der Waals surface area contributed by atoms with Crippen LogP contribution < -0.4 is 10.2 Å². The fraction of sp³-hybridized carbons (Fsp3) is 0.647. The molecule has 3 nitrogen and oxygen atoms in total. The van der Waals surface area contributed by atoms with Crippen molar-refractivity contribution in [3.63, 3.8) is 0 Å². The summed E-state index contributed by atoms with van der Waals surface area (Å²) in [4.78, 5) is 4.85. The molecule has 0 bridgehead atoms. The van der Waals surface area contributed by atoms with E-state index in [1.807, 2.05) is 6.07 Å². The summed E-state index contributed by atoms with van der Waals surface area (Å²) < 4.78 is 0. The topological polar surface area (TPSA) is 18.5 Å². The molecule has 1 N–H and O–H groups in total. The van der Waals surface area contributed by atoms with E-state index in [1.54, 1.807) is 0 Å². The number of nitrogens with one attached hydrogen (secondary N) is 1. The Morgan fingerprint density at radius 1 is 1.33 bits per heavy atom. The zero-order valence-electron chi connectivity index (χ0n) is 13.7. The van der Waals surface area contributed by atoms with Crippen LogP contribution in [0.4, 0.5) is 5.69 Å². The van der Waals surface area contributed by atoms with Crippen LogP contribution >= 0.6 is 11.6 Å². The molecule has 0 aliphatic carbocycles. The summed E-state index contributed by atoms with van der Waals surface area (Å²) in [6.07, 6.45) is 0. The van der Waals surface area contributed by atoms with E-state index < -0.39 is 0 Å². The predicted molar refractivity (Wildman–Crippen MR) is 92.3 cm³/mol. The number of anilines is 1. The Balaban J connectivity index is 2.17. The summed E-state index contributed by atoms with van der Waals surface area (Å²) >= 11 is 6.52. The zero-order chi connectivity index (χ0) is 15.4.